The van der Waals surface area contributed by atoms with Gasteiger partial charge in [-0.1, -0.05) is 30.7 Å². The summed E-state index contributed by atoms with van der Waals surface area (Å²) in [4.78, 5) is 28.6. The van der Waals surface area contributed by atoms with Gasteiger partial charge in [0.2, 0.25) is 5.95 Å². The molecule has 7 heteroatoms. The highest BCUT2D eigenvalue weighted by atomic mass is 16.2. The van der Waals surface area contributed by atoms with E-state index in [2.05, 4.69) is 27.2 Å². The van der Waals surface area contributed by atoms with Crippen molar-refractivity contribution in [2.45, 2.75) is 32.7 Å². The monoisotopic (exact) mass is 426 g/mol. The molecule has 1 aromatic carbocycles. The Labute approximate surface area is 188 Å². The molecule has 1 N–H and O–H groups in total. The Hall–Kier alpha value is -3.79. The number of hydrogen-bond acceptors (Lipinski definition) is 6. The summed E-state index contributed by atoms with van der Waals surface area (Å²) in [6.07, 6.45) is 6.77. The van der Waals surface area contributed by atoms with E-state index in [0.717, 1.165) is 29.7 Å². The maximum absolute atomic E-state index is 13.8. The highest BCUT2D eigenvalue weighted by Crippen LogP contribution is 2.29. The molecule has 162 valence electrons. The molecule has 1 saturated heterocycles. The Morgan fingerprint density at radius 3 is 2.75 bits per heavy atom. The molecular formula is C25H26N6O. The average molecular weight is 427 g/mol. The number of rotatable bonds is 5. The van der Waals surface area contributed by atoms with Gasteiger partial charge >= 0.3 is 0 Å². The third-order valence-corrected chi connectivity index (χ3v) is 5.97. The first-order valence-corrected chi connectivity index (χ1v) is 10.9. The van der Waals surface area contributed by atoms with Crippen LogP contribution in [0.3, 0.4) is 0 Å². The van der Waals surface area contributed by atoms with Gasteiger partial charge in [0, 0.05) is 30.4 Å². The van der Waals surface area contributed by atoms with Crippen LogP contribution in [0.2, 0.25) is 0 Å². The fraction of sp³-hybridized carbons (Fsp3) is 0.320. The van der Waals surface area contributed by atoms with E-state index in [-0.39, 0.29) is 11.9 Å². The first-order valence-electron chi connectivity index (χ1n) is 10.9. The van der Waals surface area contributed by atoms with Gasteiger partial charge in [-0.05, 0) is 43.9 Å². The SMILES string of the molecule is Cc1ccc(-c2ccccn2)c(C(=O)N2CCC[C@@H](C)C2CNc2ncc(C#N)cn2)c1. The minimum Gasteiger partial charge on any atom is -0.352 e. The lowest BCUT2D eigenvalue weighted by Gasteiger charge is -2.40. The molecule has 32 heavy (non-hydrogen) atoms. The maximum Gasteiger partial charge on any atom is 0.254 e. The molecule has 3 aromatic rings. The summed E-state index contributed by atoms with van der Waals surface area (Å²) in [5.41, 5.74) is 3.78. The summed E-state index contributed by atoms with van der Waals surface area (Å²) < 4.78 is 0. The first kappa shape index (κ1) is 21.4. The molecule has 0 spiro atoms. The second-order valence-electron chi connectivity index (χ2n) is 8.24. The van der Waals surface area contributed by atoms with E-state index in [1.807, 2.05) is 54.3 Å². The van der Waals surface area contributed by atoms with Crippen molar-refractivity contribution < 1.29 is 4.79 Å². The maximum atomic E-state index is 13.8. The van der Waals surface area contributed by atoms with E-state index in [9.17, 15) is 4.79 Å². The van der Waals surface area contributed by atoms with Crippen molar-refractivity contribution in [3.63, 3.8) is 0 Å². The number of anilines is 1. The molecule has 3 heterocycles. The van der Waals surface area contributed by atoms with Crippen molar-refractivity contribution in [3.05, 3.63) is 71.7 Å². The third kappa shape index (κ3) is 4.59. The van der Waals surface area contributed by atoms with Gasteiger partial charge in [0.25, 0.3) is 5.91 Å². The number of benzene rings is 1. The average Bonchev–Trinajstić information content (AvgIpc) is 2.83. The van der Waals surface area contributed by atoms with Crippen LogP contribution in [0, 0.1) is 24.2 Å². The van der Waals surface area contributed by atoms with Crippen LogP contribution < -0.4 is 5.32 Å². The predicted octanol–water partition coefficient (Wildman–Crippen LogP) is 4.07. The lowest BCUT2D eigenvalue weighted by molar-refractivity contribution is 0.0540. The van der Waals surface area contributed by atoms with Crippen LogP contribution in [0.1, 0.15) is 41.3 Å². The summed E-state index contributed by atoms with van der Waals surface area (Å²) in [5, 5.41) is 12.2. The Balaban J connectivity index is 1.60. The number of carbonyl (C=O) groups is 1. The van der Waals surface area contributed by atoms with Crippen LogP contribution in [0.25, 0.3) is 11.3 Å². The Bertz CT molecular complexity index is 1120. The lowest BCUT2D eigenvalue weighted by Crippen LogP contribution is -2.51. The Morgan fingerprint density at radius 1 is 1.22 bits per heavy atom. The van der Waals surface area contributed by atoms with Crippen molar-refractivity contribution in [2.24, 2.45) is 5.92 Å². The molecule has 1 fully saturated rings. The van der Waals surface area contributed by atoms with Crippen LogP contribution in [-0.2, 0) is 0 Å². The second kappa shape index (κ2) is 9.56. The molecule has 4 rings (SSSR count). The summed E-state index contributed by atoms with van der Waals surface area (Å²) >= 11 is 0. The molecule has 0 saturated carbocycles. The fourth-order valence-corrected chi connectivity index (χ4v) is 4.22. The normalized spacial score (nSPS) is 18.1. The number of nitrogens with one attached hydrogen (secondary N) is 1. The number of aromatic nitrogens is 3. The van der Waals surface area contributed by atoms with Crippen LogP contribution in [0.15, 0.2) is 55.0 Å². The largest absolute Gasteiger partial charge is 0.352 e. The van der Waals surface area contributed by atoms with Gasteiger partial charge < -0.3 is 10.2 Å². The fourth-order valence-electron chi connectivity index (χ4n) is 4.22. The summed E-state index contributed by atoms with van der Waals surface area (Å²) in [5.74, 6) is 0.814. The molecule has 0 radical (unpaired) electrons. The van der Waals surface area contributed by atoms with Crippen LogP contribution >= 0.6 is 0 Å². The molecule has 0 aliphatic carbocycles. The summed E-state index contributed by atoms with van der Waals surface area (Å²) in [6, 6.07) is 13.7. The minimum absolute atomic E-state index is 0.00703. The van der Waals surface area contributed by atoms with Crippen molar-refractivity contribution in [1.29, 1.82) is 5.26 Å². The zero-order valence-corrected chi connectivity index (χ0v) is 18.3. The van der Waals surface area contributed by atoms with E-state index < -0.39 is 0 Å². The van der Waals surface area contributed by atoms with Gasteiger partial charge in [0.05, 0.1) is 29.7 Å². The van der Waals surface area contributed by atoms with Gasteiger partial charge in [0.15, 0.2) is 0 Å². The zero-order chi connectivity index (χ0) is 22.5. The third-order valence-electron chi connectivity index (χ3n) is 5.97. The minimum atomic E-state index is 0.00703. The Kier molecular flexibility index (Phi) is 6.41. The number of carbonyl (C=O) groups excluding carboxylic acids is 1. The number of nitriles is 1. The molecule has 1 amide bonds. The molecule has 2 atom stereocenters. The first-order chi connectivity index (χ1) is 15.6. The summed E-state index contributed by atoms with van der Waals surface area (Å²) in [7, 11) is 0. The van der Waals surface area contributed by atoms with Crippen molar-refractivity contribution >= 4 is 11.9 Å². The van der Waals surface area contributed by atoms with E-state index in [1.165, 1.54) is 12.4 Å². The van der Waals surface area contributed by atoms with E-state index >= 15 is 0 Å². The van der Waals surface area contributed by atoms with Crippen molar-refractivity contribution in [3.8, 4) is 17.3 Å². The van der Waals surface area contributed by atoms with E-state index in [4.69, 9.17) is 5.26 Å². The van der Waals surface area contributed by atoms with Gasteiger partial charge in [-0.15, -0.1) is 0 Å². The lowest BCUT2D eigenvalue weighted by atomic mass is 9.89. The van der Waals surface area contributed by atoms with Crippen molar-refractivity contribution in [1.82, 2.24) is 19.9 Å². The number of likely N-dealkylation sites (tertiary alicyclic amines) is 1. The van der Waals surface area contributed by atoms with E-state index in [0.29, 0.717) is 36.1 Å². The molecule has 2 aromatic heterocycles. The number of piperidine rings is 1. The smallest absolute Gasteiger partial charge is 0.254 e. The number of pyridine rings is 1. The Morgan fingerprint density at radius 2 is 2.03 bits per heavy atom. The highest BCUT2D eigenvalue weighted by molar-refractivity contribution is 6.01. The quantitative estimate of drug-likeness (QED) is 0.661. The van der Waals surface area contributed by atoms with Crippen LogP contribution in [-0.4, -0.2) is 44.9 Å². The molecular weight excluding hydrogens is 400 g/mol. The summed E-state index contributed by atoms with van der Waals surface area (Å²) in [6.45, 7) is 5.43. The molecule has 7 nitrogen and oxygen atoms in total. The van der Waals surface area contributed by atoms with Gasteiger partial charge in [-0.2, -0.15) is 5.26 Å². The zero-order valence-electron chi connectivity index (χ0n) is 18.3. The molecule has 1 unspecified atom stereocenters. The van der Waals surface area contributed by atoms with Crippen LogP contribution in [0.4, 0.5) is 5.95 Å². The molecule has 1 aliphatic heterocycles. The number of aryl methyl sites for hydroxylation is 1. The number of hydrogen-bond donors (Lipinski definition) is 1. The van der Waals surface area contributed by atoms with Gasteiger partial charge in [-0.3, -0.25) is 9.78 Å². The topological polar surface area (TPSA) is 94.8 Å². The second-order valence-corrected chi connectivity index (χ2v) is 8.24. The number of nitrogens with zero attached hydrogens (tertiary/aromatic N) is 5. The van der Waals surface area contributed by atoms with E-state index in [1.54, 1.807) is 6.20 Å². The van der Waals surface area contributed by atoms with Gasteiger partial charge in [0.1, 0.15) is 6.07 Å². The van der Waals surface area contributed by atoms with Crippen LogP contribution in [0.5, 0.6) is 0 Å². The highest BCUT2D eigenvalue weighted by Gasteiger charge is 2.33. The van der Waals surface area contributed by atoms with Gasteiger partial charge in [-0.25, -0.2) is 9.97 Å². The predicted molar refractivity (Wildman–Crippen MR) is 123 cm³/mol. The molecule has 0 bridgehead atoms. The molecule has 1 aliphatic rings. The van der Waals surface area contributed by atoms with Crippen molar-refractivity contribution in [2.75, 3.05) is 18.4 Å². The standard InChI is InChI=1S/C25H26N6O/c1-17-8-9-20(22-7-3-4-10-27-22)21(12-17)24(32)31-11-5-6-18(2)23(31)16-30-25-28-14-19(13-26)15-29-25/h3-4,7-10,12,14-15,18,23H,5-6,11,16H2,1-2H3,(H,28,29,30)/t18-,23?/m1/s1. The number of amides is 1.